The molecule has 5 nitrogen and oxygen atoms in total. The third kappa shape index (κ3) is 6.88. The summed E-state index contributed by atoms with van der Waals surface area (Å²) in [6, 6.07) is 9.89. The maximum Gasteiger partial charge on any atom is 0.191 e. The first-order valence-electron chi connectivity index (χ1n) is 9.25. The lowest BCUT2D eigenvalue weighted by Crippen LogP contribution is -2.44. The van der Waals surface area contributed by atoms with E-state index in [2.05, 4.69) is 15.6 Å². The van der Waals surface area contributed by atoms with Gasteiger partial charge in [0, 0.05) is 12.1 Å². The van der Waals surface area contributed by atoms with E-state index in [1.54, 1.807) is 18.3 Å². The number of hydrogen-bond donors (Lipinski definition) is 3. The van der Waals surface area contributed by atoms with Crippen LogP contribution in [0.5, 0.6) is 5.75 Å². The van der Waals surface area contributed by atoms with E-state index in [4.69, 9.17) is 4.74 Å². The highest BCUT2D eigenvalue weighted by Gasteiger charge is 2.23. The van der Waals surface area contributed by atoms with Gasteiger partial charge >= 0.3 is 0 Å². The van der Waals surface area contributed by atoms with Gasteiger partial charge in [-0.05, 0) is 63.1 Å². The normalized spacial score (nSPS) is 14.5. The van der Waals surface area contributed by atoms with Gasteiger partial charge in [0.15, 0.2) is 5.96 Å². The maximum atomic E-state index is 10.7. The fraction of sp³-hybridized carbons (Fsp3) is 0.476. The van der Waals surface area contributed by atoms with Crippen LogP contribution < -0.4 is 15.4 Å². The minimum atomic E-state index is -0.955. The van der Waals surface area contributed by atoms with Crippen LogP contribution in [0.3, 0.4) is 0 Å². The molecule has 27 heavy (non-hydrogen) atoms. The first-order valence-corrected chi connectivity index (χ1v) is 10.2. The van der Waals surface area contributed by atoms with Gasteiger partial charge in [0.05, 0.1) is 13.1 Å². The van der Waals surface area contributed by atoms with E-state index in [-0.39, 0.29) is 5.60 Å². The zero-order chi connectivity index (χ0) is 19.9. The smallest absolute Gasteiger partial charge is 0.191 e. The van der Waals surface area contributed by atoms with Crippen LogP contribution in [0.4, 0.5) is 0 Å². The van der Waals surface area contributed by atoms with Crippen LogP contribution in [0.1, 0.15) is 45.7 Å². The molecule has 1 aromatic heterocycles. The Kier molecular flexibility index (Phi) is 7.27. The van der Waals surface area contributed by atoms with Crippen LogP contribution in [-0.4, -0.2) is 29.8 Å². The number of benzene rings is 1. The summed E-state index contributed by atoms with van der Waals surface area (Å²) in [5.74, 6) is 1.51. The molecule has 148 valence electrons. The average Bonchev–Trinajstić information content (AvgIpc) is 3.13. The van der Waals surface area contributed by atoms with Crippen molar-refractivity contribution in [1.82, 2.24) is 10.6 Å². The molecule has 0 aliphatic heterocycles. The highest BCUT2D eigenvalue weighted by atomic mass is 32.1. The Morgan fingerprint density at radius 3 is 2.52 bits per heavy atom. The molecule has 1 heterocycles. The number of para-hydroxylation sites is 1. The lowest BCUT2D eigenvalue weighted by Gasteiger charge is -2.24. The van der Waals surface area contributed by atoms with Crippen molar-refractivity contribution in [2.24, 2.45) is 4.99 Å². The van der Waals surface area contributed by atoms with Crippen LogP contribution in [0.25, 0.3) is 0 Å². The van der Waals surface area contributed by atoms with Crippen molar-refractivity contribution in [2.45, 2.75) is 52.4 Å². The van der Waals surface area contributed by atoms with Crippen LogP contribution in [0.2, 0.25) is 0 Å². The number of aliphatic hydroxyl groups is 1. The first kappa shape index (κ1) is 21.3. The molecule has 0 aliphatic rings. The van der Waals surface area contributed by atoms with E-state index in [1.807, 2.05) is 68.8 Å². The molecule has 3 N–H and O–H groups in total. The topological polar surface area (TPSA) is 65.9 Å². The summed E-state index contributed by atoms with van der Waals surface area (Å²) in [5, 5.41) is 21.1. The highest BCUT2D eigenvalue weighted by Crippen LogP contribution is 2.24. The standard InChI is InChI=1S/C21H31N3O2S/c1-6-22-19(24-15-21(5,25)17-11-12-27-14-17)23-13-16-9-7-8-10-18(16)26-20(2,3)4/h7-12,14,25H,6,13,15H2,1-5H3,(H2,22,23,24). The van der Waals surface area contributed by atoms with E-state index >= 15 is 0 Å². The lowest BCUT2D eigenvalue weighted by atomic mass is 9.99. The molecule has 2 aromatic rings. The molecule has 2 rings (SSSR count). The number of aliphatic imine (C=N–C) groups is 1. The van der Waals surface area contributed by atoms with Crippen molar-refractivity contribution in [2.75, 3.05) is 13.1 Å². The summed E-state index contributed by atoms with van der Waals surface area (Å²) in [4.78, 5) is 4.66. The average molecular weight is 390 g/mol. The predicted molar refractivity (Wildman–Crippen MR) is 114 cm³/mol. The van der Waals surface area contributed by atoms with E-state index in [1.165, 1.54) is 0 Å². The Morgan fingerprint density at radius 2 is 1.89 bits per heavy atom. The molecule has 0 bridgehead atoms. The van der Waals surface area contributed by atoms with Gasteiger partial charge < -0.3 is 20.5 Å². The zero-order valence-corrected chi connectivity index (χ0v) is 17.7. The molecule has 0 spiro atoms. The Bertz CT molecular complexity index is 734. The lowest BCUT2D eigenvalue weighted by molar-refractivity contribution is 0.0621. The number of ether oxygens (including phenoxy) is 1. The third-order valence-electron chi connectivity index (χ3n) is 3.88. The third-order valence-corrected chi connectivity index (χ3v) is 4.57. The molecular weight excluding hydrogens is 358 g/mol. The van der Waals surface area contributed by atoms with Gasteiger partial charge in [-0.3, -0.25) is 0 Å². The molecule has 1 atom stereocenters. The number of rotatable bonds is 7. The van der Waals surface area contributed by atoms with Gasteiger partial charge in [-0.1, -0.05) is 18.2 Å². The summed E-state index contributed by atoms with van der Waals surface area (Å²) in [6.45, 7) is 11.5. The largest absolute Gasteiger partial charge is 0.488 e. The van der Waals surface area contributed by atoms with Gasteiger partial charge in [-0.25, -0.2) is 4.99 Å². The second-order valence-electron chi connectivity index (χ2n) is 7.66. The number of guanidine groups is 1. The second kappa shape index (κ2) is 9.24. The molecule has 0 aliphatic carbocycles. The SMILES string of the molecule is CCNC(=NCc1ccccc1OC(C)(C)C)NCC(C)(O)c1ccsc1. The minimum Gasteiger partial charge on any atom is -0.488 e. The molecular formula is C21H31N3O2S. The molecule has 0 fully saturated rings. The van der Waals surface area contributed by atoms with Crippen LogP contribution in [-0.2, 0) is 12.1 Å². The Hall–Kier alpha value is -2.05. The summed E-state index contributed by atoms with van der Waals surface area (Å²) in [6.07, 6.45) is 0. The van der Waals surface area contributed by atoms with E-state index in [0.29, 0.717) is 19.0 Å². The molecule has 6 heteroatoms. The van der Waals surface area contributed by atoms with Crippen molar-refractivity contribution in [3.63, 3.8) is 0 Å². The van der Waals surface area contributed by atoms with Crippen LogP contribution >= 0.6 is 11.3 Å². The second-order valence-corrected chi connectivity index (χ2v) is 8.44. The summed E-state index contributed by atoms with van der Waals surface area (Å²) in [5.41, 5.74) is 0.708. The van der Waals surface area contributed by atoms with Gasteiger partial charge in [-0.15, -0.1) is 0 Å². The van der Waals surface area contributed by atoms with Crippen molar-refractivity contribution in [3.8, 4) is 5.75 Å². The number of nitrogens with one attached hydrogen (secondary N) is 2. The van der Waals surface area contributed by atoms with Crippen molar-refractivity contribution < 1.29 is 9.84 Å². The van der Waals surface area contributed by atoms with E-state index in [0.717, 1.165) is 23.4 Å². The summed E-state index contributed by atoms with van der Waals surface area (Å²) in [7, 11) is 0. The summed E-state index contributed by atoms with van der Waals surface area (Å²) >= 11 is 1.58. The molecule has 0 amide bonds. The Labute approximate surface area is 166 Å². The summed E-state index contributed by atoms with van der Waals surface area (Å²) < 4.78 is 6.04. The van der Waals surface area contributed by atoms with Crippen LogP contribution in [0.15, 0.2) is 46.1 Å². The quantitative estimate of drug-likeness (QED) is 0.496. The number of hydrogen-bond acceptors (Lipinski definition) is 4. The van der Waals surface area contributed by atoms with Gasteiger partial charge in [0.1, 0.15) is 17.0 Å². The van der Waals surface area contributed by atoms with Gasteiger partial charge in [0.25, 0.3) is 0 Å². The first-order chi connectivity index (χ1) is 12.7. The van der Waals surface area contributed by atoms with E-state index in [9.17, 15) is 5.11 Å². The highest BCUT2D eigenvalue weighted by molar-refractivity contribution is 7.08. The Balaban J connectivity index is 2.08. The van der Waals surface area contributed by atoms with Crippen molar-refractivity contribution in [1.29, 1.82) is 0 Å². The molecule has 0 radical (unpaired) electrons. The fourth-order valence-corrected chi connectivity index (χ4v) is 3.28. The number of thiophene rings is 1. The predicted octanol–water partition coefficient (Wildman–Crippen LogP) is 3.89. The Morgan fingerprint density at radius 1 is 1.15 bits per heavy atom. The van der Waals surface area contributed by atoms with Crippen LogP contribution in [0, 0.1) is 0 Å². The molecule has 0 saturated carbocycles. The maximum absolute atomic E-state index is 10.7. The van der Waals surface area contributed by atoms with E-state index < -0.39 is 5.60 Å². The monoisotopic (exact) mass is 389 g/mol. The van der Waals surface area contributed by atoms with Gasteiger partial charge in [-0.2, -0.15) is 11.3 Å². The molecule has 0 saturated heterocycles. The van der Waals surface area contributed by atoms with Gasteiger partial charge in [0.2, 0.25) is 0 Å². The minimum absolute atomic E-state index is 0.262. The number of nitrogens with zero attached hydrogens (tertiary/aromatic N) is 1. The zero-order valence-electron chi connectivity index (χ0n) is 16.9. The molecule has 1 unspecified atom stereocenters. The van der Waals surface area contributed by atoms with Crippen molar-refractivity contribution in [3.05, 3.63) is 52.2 Å². The van der Waals surface area contributed by atoms with Crippen molar-refractivity contribution >= 4 is 17.3 Å². The fourth-order valence-electron chi connectivity index (χ4n) is 2.50. The molecule has 1 aromatic carbocycles.